The summed E-state index contributed by atoms with van der Waals surface area (Å²) in [6.45, 7) is 2.38. The van der Waals surface area contributed by atoms with Gasteiger partial charge < -0.3 is 14.8 Å². The Morgan fingerprint density at radius 1 is 1.00 bits per heavy atom. The minimum Gasteiger partial charge on any atom is -0.496 e. The largest absolute Gasteiger partial charge is 0.496 e. The van der Waals surface area contributed by atoms with Gasteiger partial charge in [-0.2, -0.15) is 0 Å². The van der Waals surface area contributed by atoms with E-state index in [1.807, 2.05) is 37.3 Å². The number of ether oxygens (including phenoxy) is 2. The van der Waals surface area contributed by atoms with Crippen LogP contribution in [-0.2, 0) is 22.5 Å². The van der Waals surface area contributed by atoms with Crippen LogP contribution < -0.4 is 10.1 Å². The number of methoxy groups -OCH3 is 2. The van der Waals surface area contributed by atoms with E-state index in [1.54, 1.807) is 12.1 Å². The van der Waals surface area contributed by atoms with Gasteiger partial charge in [0.15, 0.2) is 0 Å². The van der Waals surface area contributed by atoms with Crippen molar-refractivity contribution in [2.75, 3.05) is 14.2 Å². The highest BCUT2D eigenvalue weighted by Gasteiger charge is 2.13. The molecule has 0 spiro atoms. The van der Waals surface area contributed by atoms with Crippen molar-refractivity contribution < 1.29 is 19.1 Å². The second kappa shape index (κ2) is 8.87. The predicted molar refractivity (Wildman–Crippen MR) is 95.7 cm³/mol. The van der Waals surface area contributed by atoms with Gasteiger partial charge in [-0.1, -0.05) is 35.9 Å². The Bertz CT molecular complexity index is 738. The smallest absolute Gasteiger partial charge is 0.341 e. The number of aryl methyl sites for hydroxylation is 2. The number of esters is 1. The number of amides is 1. The highest BCUT2D eigenvalue weighted by molar-refractivity contribution is 5.92. The molecule has 25 heavy (non-hydrogen) atoms. The predicted octanol–water partition coefficient (Wildman–Crippen LogP) is 3.04. The summed E-state index contributed by atoms with van der Waals surface area (Å²) in [5.41, 5.74) is 3.49. The molecule has 1 amide bonds. The van der Waals surface area contributed by atoms with Gasteiger partial charge in [0.25, 0.3) is 0 Å². The summed E-state index contributed by atoms with van der Waals surface area (Å²) in [5.74, 6) is -0.0540. The Morgan fingerprint density at radius 2 is 1.68 bits per heavy atom. The first-order valence-electron chi connectivity index (χ1n) is 8.11. The molecule has 0 aliphatic rings. The Morgan fingerprint density at radius 3 is 2.32 bits per heavy atom. The topological polar surface area (TPSA) is 64.6 Å². The van der Waals surface area contributed by atoms with E-state index in [0.717, 1.165) is 11.1 Å². The van der Waals surface area contributed by atoms with Crippen LogP contribution in [0.5, 0.6) is 5.75 Å². The summed E-state index contributed by atoms with van der Waals surface area (Å²) < 4.78 is 9.91. The third kappa shape index (κ3) is 5.35. The Labute approximate surface area is 148 Å². The van der Waals surface area contributed by atoms with Crippen LogP contribution in [0.4, 0.5) is 0 Å². The third-order valence-corrected chi connectivity index (χ3v) is 3.92. The third-order valence-electron chi connectivity index (χ3n) is 3.92. The van der Waals surface area contributed by atoms with Crippen LogP contribution in [-0.4, -0.2) is 26.1 Å². The molecular weight excluding hydrogens is 318 g/mol. The van der Waals surface area contributed by atoms with E-state index < -0.39 is 5.97 Å². The Kier molecular flexibility index (Phi) is 6.57. The zero-order chi connectivity index (χ0) is 18.2. The van der Waals surface area contributed by atoms with Gasteiger partial charge >= 0.3 is 5.97 Å². The lowest BCUT2D eigenvalue weighted by Crippen LogP contribution is -2.23. The molecule has 132 valence electrons. The van der Waals surface area contributed by atoms with Crippen molar-refractivity contribution in [1.82, 2.24) is 5.32 Å². The lowest BCUT2D eigenvalue weighted by Gasteiger charge is -2.10. The fourth-order valence-corrected chi connectivity index (χ4v) is 2.44. The second-order valence-electron chi connectivity index (χ2n) is 5.79. The second-order valence-corrected chi connectivity index (χ2v) is 5.79. The number of benzene rings is 2. The lowest BCUT2D eigenvalue weighted by molar-refractivity contribution is -0.121. The van der Waals surface area contributed by atoms with Crippen molar-refractivity contribution >= 4 is 11.9 Å². The molecule has 2 aromatic rings. The standard InChI is InChI=1S/C20H23NO4/c1-14-4-6-15(7-5-14)9-11-19(22)21-13-16-8-10-18(24-2)17(12-16)20(23)25-3/h4-8,10,12H,9,11,13H2,1-3H3,(H,21,22). The summed E-state index contributed by atoms with van der Waals surface area (Å²) in [5, 5.41) is 2.87. The van der Waals surface area contributed by atoms with Crippen LogP contribution >= 0.6 is 0 Å². The number of hydrogen-bond acceptors (Lipinski definition) is 4. The monoisotopic (exact) mass is 341 g/mol. The van der Waals surface area contributed by atoms with E-state index >= 15 is 0 Å². The number of nitrogens with one attached hydrogen (secondary N) is 1. The minimum atomic E-state index is -0.468. The van der Waals surface area contributed by atoms with E-state index in [-0.39, 0.29) is 5.91 Å². The van der Waals surface area contributed by atoms with Crippen molar-refractivity contribution in [1.29, 1.82) is 0 Å². The molecular formula is C20H23NO4. The van der Waals surface area contributed by atoms with Crippen molar-refractivity contribution in [3.8, 4) is 5.75 Å². The molecule has 0 aliphatic carbocycles. The van der Waals surface area contributed by atoms with Crippen LogP contribution in [0.1, 0.15) is 33.5 Å². The normalized spacial score (nSPS) is 10.2. The van der Waals surface area contributed by atoms with Gasteiger partial charge in [-0.15, -0.1) is 0 Å². The molecule has 1 N–H and O–H groups in total. The van der Waals surface area contributed by atoms with Crippen LogP contribution in [0.15, 0.2) is 42.5 Å². The minimum absolute atomic E-state index is 0.0315. The summed E-state index contributed by atoms with van der Waals surface area (Å²) >= 11 is 0. The van der Waals surface area contributed by atoms with Crippen LogP contribution in [0.2, 0.25) is 0 Å². The maximum absolute atomic E-state index is 12.0. The number of carbonyl (C=O) groups is 2. The van der Waals surface area contributed by atoms with E-state index in [0.29, 0.717) is 30.7 Å². The fraction of sp³-hybridized carbons (Fsp3) is 0.300. The molecule has 0 aromatic heterocycles. The number of rotatable bonds is 7. The zero-order valence-electron chi connectivity index (χ0n) is 14.8. The first kappa shape index (κ1) is 18.5. The maximum Gasteiger partial charge on any atom is 0.341 e. The molecule has 0 atom stereocenters. The summed E-state index contributed by atoms with van der Waals surface area (Å²) in [7, 11) is 2.82. The van der Waals surface area contributed by atoms with E-state index in [4.69, 9.17) is 9.47 Å². The average molecular weight is 341 g/mol. The average Bonchev–Trinajstić information content (AvgIpc) is 2.65. The molecule has 2 aromatic carbocycles. The molecule has 0 unspecified atom stereocenters. The summed E-state index contributed by atoms with van der Waals surface area (Å²) in [4.78, 5) is 23.8. The first-order chi connectivity index (χ1) is 12.0. The molecule has 2 rings (SSSR count). The zero-order valence-corrected chi connectivity index (χ0v) is 14.8. The van der Waals surface area contributed by atoms with Crippen LogP contribution in [0.3, 0.4) is 0 Å². The molecule has 0 heterocycles. The molecule has 5 heteroatoms. The van der Waals surface area contributed by atoms with E-state index in [2.05, 4.69) is 5.32 Å². The van der Waals surface area contributed by atoms with Crippen molar-refractivity contribution in [3.63, 3.8) is 0 Å². The molecule has 5 nitrogen and oxygen atoms in total. The van der Waals surface area contributed by atoms with Gasteiger partial charge in [0, 0.05) is 13.0 Å². The first-order valence-corrected chi connectivity index (χ1v) is 8.11. The lowest BCUT2D eigenvalue weighted by atomic mass is 10.1. The van der Waals surface area contributed by atoms with Crippen molar-refractivity contribution in [2.45, 2.75) is 26.3 Å². The highest BCUT2D eigenvalue weighted by atomic mass is 16.5. The van der Waals surface area contributed by atoms with Gasteiger partial charge in [0.1, 0.15) is 11.3 Å². The summed E-state index contributed by atoms with van der Waals surface area (Å²) in [6.07, 6.45) is 1.12. The van der Waals surface area contributed by atoms with Crippen molar-refractivity contribution in [3.05, 3.63) is 64.7 Å². The Hall–Kier alpha value is -2.82. The molecule has 0 saturated heterocycles. The van der Waals surface area contributed by atoms with Crippen LogP contribution in [0, 0.1) is 6.92 Å². The molecule has 0 radical (unpaired) electrons. The quantitative estimate of drug-likeness (QED) is 0.786. The highest BCUT2D eigenvalue weighted by Crippen LogP contribution is 2.20. The molecule has 0 bridgehead atoms. The maximum atomic E-state index is 12.0. The summed E-state index contributed by atoms with van der Waals surface area (Å²) in [6, 6.07) is 13.3. The van der Waals surface area contributed by atoms with Gasteiger partial charge in [-0.05, 0) is 36.6 Å². The molecule has 0 saturated carbocycles. The molecule has 0 aliphatic heterocycles. The fourth-order valence-electron chi connectivity index (χ4n) is 2.44. The SMILES string of the molecule is COC(=O)c1cc(CNC(=O)CCc2ccc(C)cc2)ccc1OC. The van der Waals surface area contributed by atoms with Gasteiger partial charge in [-0.25, -0.2) is 4.79 Å². The van der Waals surface area contributed by atoms with Crippen molar-refractivity contribution in [2.24, 2.45) is 0 Å². The van der Waals surface area contributed by atoms with Gasteiger partial charge in [0.2, 0.25) is 5.91 Å². The number of carbonyl (C=O) groups excluding carboxylic acids is 2. The van der Waals surface area contributed by atoms with Crippen LogP contribution in [0.25, 0.3) is 0 Å². The van der Waals surface area contributed by atoms with E-state index in [1.165, 1.54) is 19.8 Å². The Balaban J connectivity index is 1.90. The van der Waals surface area contributed by atoms with E-state index in [9.17, 15) is 9.59 Å². The van der Waals surface area contributed by atoms with Gasteiger partial charge in [-0.3, -0.25) is 4.79 Å². The molecule has 0 fully saturated rings. The number of hydrogen-bond donors (Lipinski definition) is 1. The van der Waals surface area contributed by atoms with Gasteiger partial charge in [0.05, 0.1) is 14.2 Å².